The number of hydrogen-bond acceptors (Lipinski definition) is 6. The Morgan fingerprint density at radius 3 is 2.79 bits per heavy atom. The lowest BCUT2D eigenvalue weighted by molar-refractivity contribution is -0.137. The Balaban J connectivity index is 1.69. The molecule has 0 atom stereocenters. The van der Waals surface area contributed by atoms with Gasteiger partial charge >= 0.3 is 5.97 Å². The number of carboxylic acid groups (broad SMARTS) is 1. The third-order valence-electron chi connectivity index (χ3n) is 4.33. The van der Waals surface area contributed by atoms with E-state index in [1.807, 2.05) is 46.3 Å². The molecule has 10 heteroatoms. The summed E-state index contributed by atoms with van der Waals surface area (Å²) in [5.74, 6) is -1.08. The molecule has 148 valence electrons. The molecule has 6 nitrogen and oxygen atoms in total. The summed E-state index contributed by atoms with van der Waals surface area (Å²) in [5, 5.41) is 10.8. The molecular formula is C19H14BrN3O3S3. The van der Waals surface area contributed by atoms with Crippen molar-refractivity contribution < 1.29 is 14.7 Å². The quantitative estimate of drug-likeness (QED) is 0.378. The number of hydrogen-bond donors (Lipinski definition) is 1. The number of imidazole rings is 1. The van der Waals surface area contributed by atoms with Crippen molar-refractivity contribution in [1.82, 2.24) is 14.3 Å². The summed E-state index contributed by atoms with van der Waals surface area (Å²) in [4.78, 5) is 31.2. The van der Waals surface area contributed by atoms with E-state index in [2.05, 4.69) is 15.9 Å². The zero-order valence-corrected chi connectivity index (χ0v) is 18.9. The van der Waals surface area contributed by atoms with Crippen LogP contribution in [0.15, 0.2) is 45.2 Å². The van der Waals surface area contributed by atoms with Crippen molar-refractivity contribution in [1.29, 1.82) is 0 Å². The van der Waals surface area contributed by atoms with Crippen LogP contribution < -0.4 is 0 Å². The first kappa shape index (κ1) is 20.3. The predicted octanol–water partition coefficient (Wildman–Crippen LogP) is 4.89. The molecule has 2 aromatic heterocycles. The van der Waals surface area contributed by atoms with Gasteiger partial charge in [-0.25, -0.2) is 4.98 Å². The average Bonchev–Trinajstić information content (AvgIpc) is 3.33. The maximum absolute atomic E-state index is 12.9. The molecule has 0 radical (unpaired) electrons. The van der Waals surface area contributed by atoms with E-state index in [9.17, 15) is 9.59 Å². The van der Waals surface area contributed by atoms with Crippen LogP contribution >= 0.6 is 51.2 Å². The van der Waals surface area contributed by atoms with Gasteiger partial charge < -0.3 is 5.11 Å². The number of aliphatic carboxylic acids is 1. The van der Waals surface area contributed by atoms with Crippen molar-refractivity contribution in [2.24, 2.45) is 0 Å². The van der Waals surface area contributed by atoms with Crippen LogP contribution in [0.4, 0.5) is 0 Å². The van der Waals surface area contributed by atoms with Crippen LogP contribution in [-0.4, -0.2) is 42.1 Å². The average molecular weight is 508 g/mol. The number of carbonyl (C=O) groups is 2. The summed E-state index contributed by atoms with van der Waals surface area (Å²) in [6, 6.07) is 7.86. The molecule has 0 unspecified atom stereocenters. The molecule has 1 aliphatic rings. The minimum Gasteiger partial charge on any atom is -0.481 e. The van der Waals surface area contributed by atoms with Crippen LogP contribution in [0.1, 0.15) is 18.5 Å². The summed E-state index contributed by atoms with van der Waals surface area (Å²) >= 11 is 11.5. The van der Waals surface area contributed by atoms with Crippen LogP contribution in [-0.2, 0) is 9.59 Å². The molecule has 0 aliphatic carbocycles. The number of thiocarbonyl (C=S) groups is 1. The lowest BCUT2D eigenvalue weighted by atomic mass is 10.1. The Hall–Kier alpha value is -2.01. The van der Waals surface area contributed by atoms with Gasteiger partial charge in [-0.3, -0.25) is 18.9 Å². The van der Waals surface area contributed by atoms with Crippen molar-refractivity contribution in [3.8, 4) is 11.3 Å². The van der Waals surface area contributed by atoms with Gasteiger partial charge in [0.15, 0.2) is 4.96 Å². The van der Waals surface area contributed by atoms with Crippen molar-refractivity contribution in [2.45, 2.75) is 12.8 Å². The van der Waals surface area contributed by atoms with Crippen molar-refractivity contribution in [2.75, 3.05) is 6.54 Å². The van der Waals surface area contributed by atoms with E-state index in [1.165, 1.54) is 28.0 Å². The van der Waals surface area contributed by atoms with Crippen LogP contribution in [0.25, 0.3) is 22.3 Å². The summed E-state index contributed by atoms with van der Waals surface area (Å²) < 4.78 is 3.38. The normalized spacial score (nSPS) is 15.8. The maximum atomic E-state index is 12.9. The second-order valence-electron chi connectivity index (χ2n) is 6.24. The monoisotopic (exact) mass is 507 g/mol. The van der Waals surface area contributed by atoms with E-state index >= 15 is 0 Å². The Kier molecular flexibility index (Phi) is 5.86. The van der Waals surface area contributed by atoms with Gasteiger partial charge in [-0.2, -0.15) is 0 Å². The lowest BCUT2D eigenvalue weighted by Gasteiger charge is -2.13. The summed E-state index contributed by atoms with van der Waals surface area (Å²) in [6.07, 6.45) is 4.11. The van der Waals surface area contributed by atoms with Gasteiger partial charge in [-0.05, 0) is 24.6 Å². The number of rotatable bonds is 6. The number of carboxylic acids is 1. The van der Waals surface area contributed by atoms with E-state index in [0.717, 1.165) is 26.4 Å². The second-order valence-corrected chi connectivity index (χ2v) is 9.70. The zero-order chi connectivity index (χ0) is 20.5. The zero-order valence-electron chi connectivity index (χ0n) is 14.9. The van der Waals surface area contributed by atoms with E-state index in [0.29, 0.717) is 22.2 Å². The molecule has 29 heavy (non-hydrogen) atoms. The summed E-state index contributed by atoms with van der Waals surface area (Å²) in [7, 11) is 0. The van der Waals surface area contributed by atoms with Gasteiger partial charge in [0.1, 0.15) is 4.32 Å². The van der Waals surface area contributed by atoms with Crippen LogP contribution in [0.3, 0.4) is 0 Å². The molecular weight excluding hydrogens is 494 g/mol. The highest BCUT2D eigenvalue weighted by Gasteiger charge is 2.32. The molecule has 3 heterocycles. The molecule has 0 bridgehead atoms. The van der Waals surface area contributed by atoms with E-state index in [1.54, 1.807) is 0 Å². The Morgan fingerprint density at radius 1 is 1.31 bits per heavy atom. The molecule has 4 rings (SSSR count). The molecule has 3 aromatic rings. The topological polar surface area (TPSA) is 74.9 Å². The summed E-state index contributed by atoms with van der Waals surface area (Å²) in [5.41, 5.74) is 2.56. The number of aromatic nitrogens is 2. The fourth-order valence-electron chi connectivity index (χ4n) is 2.97. The standard InChI is InChI=1S/C19H14BrN3O3S3/c20-12-5-3-11(4-6-12)16-13(22-8-9-28-18(22)21-16)10-14-17(26)23(19(27)29-14)7-1-2-15(24)25/h3-6,8-10H,1-2,7H2,(H,24,25)/b14-10+. The number of thiazole rings is 1. The molecule has 0 saturated carbocycles. The molecule has 0 spiro atoms. The van der Waals surface area contributed by atoms with Crippen LogP contribution in [0.5, 0.6) is 0 Å². The highest BCUT2D eigenvalue weighted by atomic mass is 79.9. The minimum atomic E-state index is -0.885. The molecule has 1 aliphatic heterocycles. The minimum absolute atomic E-state index is 0.00196. The van der Waals surface area contributed by atoms with Crippen LogP contribution in [0, 0.1) is 0 Å². The van der Waals surface area contributed by atoms with Crippen molar-refractivity contribution in [3.63, 3.8) is 0 Å². The van der Waals surface area contributed by atoms with Crippen molar-refractivity contribution in [3.05, 3.63) is 50.9 Å². The van der Waals surface area contributed by atoms with Crippen molar-refractivity contribution >= 4 is 78.5 Å². The van der Waals surface area contributed by atoms with E-state index in [4.69, 9.17) is 22.3 Å². The summed E-state index contributed by atoms with van der Waals surface area (Å²) in [6.45, 7) is 0.300. The number of nitrogens with zero attached hydrogens (tertiary/aromatic N) is 3. The number of benzene rings is 1. The van der Waals surface area contributed by atoms with E-state index in [-0.39, 0.29) is 12.3 Å². The van der Waals surface area contributed by atoms with E-state index < -0.39 is 5.97 Å². The molecule has 1 saturated heterocycles. The smallest absolute Gasteiger partial charge is 0.303 e. The first-order valence-corrected chi connectivity index (χ1v) is 11.5. The number of halogens is 1. The van der Waals surface area contributed by atoms with Gasteiger partial charge in [0, 0.05) is 34.6 Å². The molecule has 1 fully saturated rings. The van der Waals surface area contributed by atoms with Gasteiger partial charge in [0.25, 0.3) is 5.91 Å². The third kappa shape index (κ3) is 4.16. The fraction of sp³-hybridized carbons (Fsp3) is 0.158. The SMILES string of the molecule is O=C(O)CCCN1C(=O)/C(=C\c2c(-c3ccc(Br)cc3)nc3sccn23)SC1=S. The number of carbonyl (C=O) groups excluding carboxylic acids is 1. The highest BCUT2D eigenvalue weighted by Crippen LogP contribution is 2.36. The van der Waals surface area contributed by atoms with Gasteiger partial charge in [0.2, 0.25) is 0 Å². The second kappa shape index (κ2) is 8.39. The Morgan fingerprint density at radius 2 is 2.07 bits per heavy atom. The molecule has 1 aromatic carbocycles. The predicted molar refractivity (Wildman–Crippen MR) is 123 cm³/mol. The van der Waals surface area contributed by atoms with Gasteiger partial charge in [0.05, 0.1) is 16.3 Å². The number of fused-ring (bicyclic) bond motifs is 1. The number of thioether (sulfide) groups is 1. The fourth-order valence-corrected chi connectivity index (χ4v) is 5.24. The molecule has 1 N–H and O–H groups in total. The first-order chi connectivity index (χ1) is 13.9. The number of amides is 1. The Labute approximate surface area is 188 Å². The third-order valence-corrected chi connectivity index (χ3v) is 6.99. The lowest BCUT2D eigenvalue weighted by Crippen LogP contribution is -2.29. The first-order valence-electron chi connectivity index (χ1n) is 8.62. The van der Waals surface area contributed by atoms with Crippen LogP contribution in [0.2, 0.25) is 0 Å². The molecule has 1 amide bonds. The van der Waals surface area contributed by atoms with Gasteiger partial charge in [-0.15, -0.1) is 11.3 Å². The highest BCUT2D eigenvalue weighted by molar-refractivity contribution is 9.10. The van der Waals surface area contributed by atoms with Gasteiger partial charge in [-0.1, -0.05) is 52.0 Å². The Bertz CT molecular complexity index is 1150. The largest absolute Gasteiger partial charge is 0.481 e. The maximum Gasteiger partial charge on any atom is 0.303 e.